The summed E-state index contributed by atoms with van der Waals surface area (Å²) in [5.41, 5.74) is 2.41. The number of cyclic esters (lactones) is 1. The predicted molar refractivity (Wildman–Crippen MR) is 146 cm³/mol. The molecule has 2 saturated heterocycles. The van der Waals surface area contributed by atoms with Crippen LogP contribution in [-0.4, -0.2) is 101 Å². The van der Waals surface area contributed by atoms with Crippen LogP contribution in [0, 0.1) is 11.8 Å². The minimum absolute atomic E-state index is 0.0832. The van der Waals surface area contributed by atoms with Crippen LogP contribution in [0.3, 0.4) is 0 Å². The fourth-order valence-electron chi connectivity index (χ4n) is 6.80. The Morgan fingerprint density at radius 3 is 2.21 bits per heavy atom. The van der Waals surface area contributed by atoms with Crippen LogP contribution >= 0.6 is 0 Å². The number of aliphatic hydroxyl groups is 2. The molecule has 0 aromatic heterocycles. The van der Waals surface area contributed by atoms with Crippen molar-refractivity contribution in [1.82, 2.24) is 4.90 Å². The van der Waals surface area contributed by atoms with Gasteiger partial charge in [-0.2, -0.15) is 0 Å². The minimum Gasteiger partial charge on any atom is -0.493 e. The van der Waals surface area contributed by atoms with Crippen LogP contribution in [0.4, 0.5) is 0 Å². The smallest absolute Gasteiger partial charge is 0.310 e. The summed E-state index contributed by atoms with van der Waals surface area (Å²) in [6.07, 6.45) is -2.70. The van der Waals surface area contributed by atoms with Gasteiger partial charge in [-0.3, -0.25) is 4.79 Å². The first-order valence-electron chi connectivity index (χ1n) is 14.0. The summed E-state index contributed by atoms with van der Waals surface area (Å²) in [7, 11) is 8.36. The van der Waals surface area contributed by atoms with E-state index < -0.39 is 36.4 Å². The van der Waals surface area contributed by atoms with Crippen molar-refractivity contribution in [1.29, 1.82) is 0 Å². The Balaban J connectivity index is 1.46. The van der Waals surface area contributed by atoms with Gasteiger partial charge in [0.25, 0.3) is 0 Å². The first-order valence-corrected chi connectivity index (χ1v) is 14.0. The number of methoxy groups -OCH3 is 3. The lowest BCUT2D eigenvalue weighted by molar-refractivity contribution is -0.268. The van der Waals surface area contributed by atoms with Crippen LogP contribution in [0.5, 0.6) is 28.7 Å². The fourth-order valence-corrected chi connectivity index (χ4v) is 6.80. The molecule has 42 heavy (non-hydrogen) atoms. The number of rotatable bonds is 8. The van der Waals surface area contributed by atoms with E-state index in [-0.39, 0.29) is 37.9 Å². The second-order valence-electron chi connectivity index (χ2n) is 11.2. The quantitative estimate of drug-likeness (QED) is 0.437. The third-order valence-electron chi connectivity index (χ3n) is 8.84. The number of hydrogen-bond acceptors (Lipinski definition) is 12. The van der Waals surface area contributed by atoms with E-state index in [0.717, 1.165) is 16.7 Å². The first kappa shape index (κ1) is 28.8. The summed E-state index contributed by atoms with van der Waals surface area (Å²) in [6, 6.07) is 7.20. The van der Waals surface area contributed by atoms with E-state index >= 15 is 0 Å². The first-order chi connectivity index (χ1) is 20.3. The molecule has 0 radical (unpaired) electrons. The Morgan fingerprint density at radius 1 is 0.952 bits per heavy atom. The summed E-state index contributed by atoms with van der Waals surface area (Å²) in [4.78, 5) is 15.4. The van der Waals surface area contributed by atoms with Crippen molar-refractivity contribution in [3.05, 3.63) is 41.0 Å². The molecule has 2 fully saturated rings. The van der Waals surface area contributed by atoms with E-state index in [9.17, 15) is 15.0 Å². The van der Waals surface area contributed by atoms with Gasteiger partial charge >= 0.3 is 5.97 Å². The normalized spacial score (nSPS) is 31.4. The summed E-state index contributed by atoms with van der Waals surface area (Å²) in [6.45, 7) is -0.124. The number of fused-ring (bicyclic) bond motifs is 3. The number of esters is 1. The van der Waals surface area contributed by atoms with Crippen molar-refractivity contribution in [3.8, 4) is 28.7 Å². The van der Waals surface area contributed by atoms with Crippen LogP contribution in [0.2, 0.25) is 0 Å². The van der Waals surface area contributed by atoms with E-state index in [1.165, 1.54) is 7.11 Å². The Labute approximate surface area is 243 Å². The van der Waals surface area contributed by atoms with E-state index in [1.54, 1.807) is 14.2 Å². The third-order valence-corrected chi connectivity index (χ3v) is 8.84. The number of benzene rings is 2. The molecule has 12 heteroatoms. The summed E-state index contributed by atoms with van der Waals surface area (Å²) in [5, 5.41) is 20.7. The Hall–Kier alpha value is -3.29. The highest BCUT2D eigenvalue weighted by molar-refractivity contribution is 5.79. The zero-order valence-electron chi connectivity index (χ0n) is 24.3. The molecule has 3 aliphatic heterocycles. The molecule has 4 aliphatic rings. The molecular weight excluding hydrogens is 550 g/mol. The molecule has 0 saturated carbocycles. The molecule has 0 bridgehead atoms. The van der Waals surface area contributed by atoms with Crippen molar-refractivity contribution >= 4 is 5.97 Å². The van der Waals surface area contributed by atoms with Gasteiger partial charge in [0, 0.05) is 24.3 Å². The highest BCUT2D eigenvalue weighted by atomic mass is 16.7. The third kappa shape index (κ3) is 4.71. The maximum Gasteiger partial charge on any atom is 0.310 e. The Bertz CT molecular complexity index is 1310. The summed E-state index contributed by atoms with van der Waals surface area (Å²) < 4.78 is 46.7. The molecule has 8 atom stereocenters. The van der Waals surface area contributed by atoms with Gasteiger partial charge in [-0.05, 0) is 55.1 Å². The molecule has 3 unspecified atom stereocenters. The van der Waals surface area contributed by atoms with Crippen LogP contribution in [0.1, 0.15) is 35.1 Å². The average molecular weight is 588 g/mol. The second-order valence-corrected chi connectivity index (χ2v) is 11.2. The zero-order valence-corrected chi connectivity index (χ0v) is 24.3. The van der Waals surface area contributed by atoms with Crippen molar-refractivity contribution < 1.29 is 52.9 Å². The minimum atomic E-state index is -0.883. The van der Waals surface area contributed by atoms with Gasteiger partial charge in [0.15, 0.2) is 29.3 Å². The molecular formula is C30H37NO11. The van der Waals surface area contributed by atoms with Gasteiger partial charge in [-0.1, -0.05) is 0 Å². The zero-order chi connectivity index (χ0) is 29.7. The van der Waals surface area contributed by atoms with Gasteiger partial charge in [0.05, 0.1) is 52.7 Å². The lowest BCUT2D eigenvalue weighted by Gasteiger charge is -2.45. The van der Waals surface area contributed by atoms with Gasteiger partial charge in [-0.25, -0.2) is 0 Å². The summed E-state index contributed by atoms with van der Waals surface area (Å²) in [5.74, 6) is 0.778. The lowest BCUT2D eigenvalue weighted by Crippen LogP contribution is -2.56. The van der Waals surface area contributed by atoms with Crippen LogP contribution in [-0.2, 0) is 19.0 Å². The van der Waals surface area contributed by atoms with Crippen molar-refractivity contribution in [2.75, 3.05) is 55.4 Å². The molecule has 2 aromatic carbocycles. The standard InChI is InChI=1S/C30H37NO11/c1-31(2)18-10-24(41-23(11-32)27(18)33)42-28-16-9-20-19(39-13-40-20)8-15(16)25(26-17(28)12-38-30(26)34)14-6-21(35-3)29(37-5)22(7-14)36-4/h6-9,17-18,23-28,32-33H,10-13H2,1-5H3/t17-,18+,23?,24?,25+,26-,27?,28+/m0/s1. The number of carbonyl (C=O) groups excluding carboxylic acids is 1. The Morgan fingerprint density at radius 2 is 1.62 bits per heavy atom. The average Bonchev–Trinajstić information content (AvgIpc) is 3.62. The van der Waals surface area contributed by atoms with Crippen molar-refractivity contribution in [2.45, 2.75) is 43.0 Å². The maximum atomic E-state index is 13.5. The Kier molecular flexibility index (Phi) is 7.83. The van der Waals surface area contributed by atoms with Crippen LogP contribution < -0.4 is 23.7 Å². The molecule has 12 nitrogen and oxygen atoms in total. The van der Waals surface area contributed by atoms with Gasteiger partial charge in [-0.15, -0.1) is 0 Å². The lowest BCUT2D eigenvalue weighted by atomic mass is 9.66. The fraction of sp³-hybridized carbons (Fsp3) is 0.567. The second kappa shape index (κ2) is 11.4. The van der Waals surface area contributed by atoms with Gasteiger partial charge in [0.2, 0.25) is 12.5 Å². The molecule has 0 amide bonds. The molecule has 2 aromatic rings. The summed E-state index contributed by atoms with van der Waals surface area (Å²) >= 11 is 0. The van der Waals surface area contributed by atoms with E-state index in [4.69, 9.17) is 37.9 Å². The van der Waals surface area contributed by atoms with Gasteiger partial charge in [0.1, 0.15) is 6.10 Å². The highest BCUT2D eigenvalue weighted by Gasteiger charge is 2.54. The number of hydrogen-bond donors (Lipinski definition) is 2. The van der Waals surface area contributed by atoms with Crippen molar-refractivity contribution in [3.63, 3.8) is 0 Å². The number of nitrogens with zero attached hydrogens (tertiary/aromatic N) is 1. The van der Waals surface area contributed by atoms with E-state index in [2.05, 4.69) is 0 Å². The molecule has 228 valence electrons. The molecule has 3 heterocycles. The van der Waals surface area contributed by atoms with E-state index in [1.807, 2.05) is 43.3 Å². The number of aliphatic hydroxyl groups excluding tert-OH is 2. The number of carbonyl (C=O) groups is 1. The molecule has 0 spiro atoms. The highest BCUT2D eigenvalue weighted by Crippen LogP contribution is 2.57. The maximum absolute atomic E-state index is 13.5. The predicted octanol–water partition coefficient (Wildman–Crippen LogP) is 1.83. The SMILES string of the molecule is COc1cc([C@@H]2c3cc4c(cc3[C@@H](OC3C[C@@H](N(C)C)C(O)C(CO)O3)[C@H]3COC(=O)[C@H]23)OCO4)cc(OC)c1OC. The molecule has 2 N–H and O–H groups in total. The van der Waals surface area contributed by atoms with Gasteiger partial charge < -0.3 is 53.0 Å². The van der Waals surface area contributed by atoms with Crippen LogP contribution in [0.25, 0.3) is 0 Å². The largest absolute Gasteiger partial charge is 0.493 e. The number of likely N-dealkylation sites (N-methyl/N-ethyl adjacent to an activating group) is 1. The topological polar surface area (TPSA) is 135 Å². The van der Waals surface area contributed by atoms with E-state index in [0.29, 0.717) is 35.2 Å². The van der Waals surface area contributed by atoms with Crippen molar-refractivity contribution in [2.24, 2.45) is 11.8 Å². The number of ether oxygens (including phenoxy) is 8. The molecule has 1 aliphatic carbocycles. The monoisotopic (exact) mass is 587 g/mol. The van der Waals surface area contributed by atoms with Crippen LogP contribution in [0.15, 0.2) is 24.3 Å². The molecule has 6 rings (SSSR count).